The number of benzene rings is 1. The Kier molecular flexibility index (Phi) is 6.22. The van der Waals surface area contributed by atoms with Gasteiger partial charge in [-0.25, -0.2) is 0 Å². The standard InChI is InChI=1S/C16H22N2O5/c1-22-13-4-2-3-5-14(13)23-11-6-15(19)18-9-7-17(8-10-18)12-16(20)21/h2-5H,6-12H2,1H3,(H,20,21). The van der Waals surface area contributed by atoms with E-state index in [4.69, 9.17) is 14.6 Å². The number of methoxy groups -OCH3 is 1. The van der Waals surface area contributed by atoms with Gasteiger partial charge >= 0.3 is 5.97 Å². The maximum atomic E-state index is 12.2. The molecule has 1 aliphatic heterocycles. The molecule has 0 unspecified atom stereocenters. The van der Waals surface area contributed by atoms with Crippen LogP contribution in [-0.2, 0) is 9.59 Å². The molecule has 0 aliphatic carbocycles. The van der Waals surface area contributed by atoms with Gasteiger partial charge < -0.3 is 19.5 Å². The lowest BCUT2D eigenvalue weighted by molar-refractivity contribution is -0.139. The lowest BCUT2D eigenvalue weighted by Crippen LogP contribution is -2.50. The van der Waals surface area contributed by atoms with Crippen LogP contribution in [0.1, 0.15) is 6.42 Å². The summed E-state index contributed by atoms with van der Waals surface area (Å²) in [6.45, 7) is 2.60. The monoisotopic (exact) mass is 322 g/mol. The number of hydrogen-bond acceptors (Lipinski definition) is 5. The van der Waals surface area contributed by atoms with Crippen LogP contribution in [-0.4, -0.2) is 73.2 Å². The van der Waals surface area contributed by atoms with Crippen LogP contribution >= 0.6 is 0 Å². The van der Waals surface area contributed by atoms with E-state index in [1.165, 1.54) is 0 Å². The van der Waals surface area contributed by atoms with E-state index in [0.717, 1.165) is 0 Å². The Morgan fingerprint density at radius 1 is 1.13 bits per heavy atom. The quantitative estimate of drug-likeness (QED) is 0.796. The van der Waals surface area contributed by atoms with Crippen molar-refractivity contribution in [3.05, 3.63) is 24.3 Å². The summed E-state index contributed by atoms with van der Waals surface area (Å²) in [5.74, 6) is 0.446. The predicted molar refractivity (Wildman–Crippen MR) is 83.8 cm³/mol. The Balaban J connectivity index is 1.72. The van der Waals surface area contributed by atoms with E-state index in [9.17, 15) is 9.59 Å². The first-order valence-corrected chi connectivity index (χ1v) is 7.58. The molecule has 1 saturated heterocycles. The molecule has 0 bridgehead atoms. The van der Waals surface area contributed by atoms with E-state index in [2.05, 4.69) is 0 Å². The molecule has 1 N–H and O–H groups in total. The van der Waals surface area contributed by atoms with Gasteiger partial charge in [-0.2, -0.15) is 0 Å². The highest BCUT2D eigenvalue weighted by Gasteiger charge is 2.22. The van der Waals surface area contributed by atoms with Gasteiger partial charge in [0.25, 0.3) is 0 Å². The second kappa shape index (κ2) is 8.38. The summed E-state index contributed by atoms with van der Waals surface area (Å²) < 4.78 is 10.8. The first-order valence-electron chi connectivity index (χ1n) is 7.58. The second-order valence-corrected chi connectivity index (χ2v) is 5.30. The molecule has 23 heavy (non-hydrogen) atoms. The summed E-state index contributed by atoms with van der Waals surface area (Å²) in [6, 6.07) is 7.31. The molecule has 1 heterocycles. The summed E-state index contributed by atoms with van der Waals surface area (Å²) in [5.41, 5.74) is 0. The molecule has 0 aromatic heterocycles. The van der Waals surface area contributed by atoms with Crippen LogP contribution in [0.2, 0.25) is 0 Å². The van der Waals surface area contributed by atoms with Gasteiger partial charge in [0.15, 0.2) is 11.5 Å². The van der Waals surface area contributed by atoms with Crippen LogP contribution in [0.4, 0.5) is 0 Å². The summed E-state index contributed by atoms with van der Waals surface area (Å²) >= 11 is 0. The Morgan fingerprint density at radius 3 is 2.39 bits per heavy atom. The maximum Gasteiger partial charge on any atom is 0.317 e. The van der Waals surface area contributed by atoms with Crippen molar-refractivity contribution in [1.29, 1.82) is 0 Å². The topological polar surface area (TPSA) is 79.3 Å². The molecule has 0 atom stereocenters. The first-order chi connectivity index (χ1) is 11.1. The fourth-order valence-electron chi connectivity index (χ4n) is 2.49. The van der Waals surface area contributed by atoms with Crippen molar-refractivity contribution in [3.8, 4) is 11.5 Å². The minimum absolute atomic E-state index is 0.0230. The van der Waals surface area contributed by atoms with Crippen molar-refractivity contribution in [2.75, 3.05) is 46.4 Å². The molecular formula is C16H22N2O5. The van der Waals surface area contributed by atoms with Gasteiger partial charge in [-0.05, 0) is 12.1 Å². The van der Waals surface area contributed by atoms with Crippen molar-refractivity contribution in [3.63, 3.8) is 0 Å². The Bertz CT molecular complexity index is 541. The SMILES string of the molecule is COc1ccccc1OCCC(=O)N1CCN(CC(=O)O)CC1. The molecule has 1 aromatic rings. The van der Waals surface area contributed by atoms with Gasteiger partial charge in [0.1, 0.15) is 0 Å². The van der Waals surface area contributed by atoms with Gasteiger partial charge in [-0.3, -0.25) is 14.5 Å². The molecule has 1 aromatic carbocycles. The largest absolute Gasteiger partial charge is 0.493 e. The van der Waals surface area contributed by atoms with Gasteiger partial charge in [0.05, 0.1) is 26.7 Å². The minimum atomic E-state index is -0.838. The zero-order chi connectivity index (χ0) is 16.7. The highest BCUT2D eigenvalue weighted by Crippen LogP contribution is 2.25. The Labute approximate surface area is 135 Å². The average Bonchev–Trinajstić information content (AvgIpc) is 2.55. The first kappa shape index (κ1) is 17.1. The summed E-state index contributed by atoms with van der Waals surface area (Å²) in [7, 11) is 1.57. The molecule has 0 saturated carbocycles. The number of aliphatic carboxylic acids is 1. The molecular weight excluding hydrogens is 300 g/mol. The van der Waals surface area contributed by atoms with Crippen molar-refractivity contribution in [2.45, 2.75) is 6.42 Å². The van der Waals surface area contributed by atoms with Gasteiger partial charge in [-0.1, -0.05) is 12.1 Å². The third kappa shape index (κ3) is 5.14. The molecule has 1 aliphatic rings. The van der Waals surface area contributed by atoms with E-state index in [-0.39, 0.29) is 25.5 Å². The van der Waals surface area contributed by atoms with Crippen molar-refractivity contribution in [1.82, 2.24) is 9.80 Å². The number of carbonyl (C=O) groups is 2. The van der Waals surface area contributed by atoms with E-state index in [0.29, 0.717) is 37.7 Å². The maximum absolute atomic E-state index is 12.2. The highest BCUT2D eigenvalue weighted by molar-refractivity contribution is 5.76. The number of para-hydroxylation sites is 2. The van der Waals surface area contributed by atoms with E-state index in [1.54, 1.807) is 24.1 Å². The van der Waals surface area contributed by atoms with Crippen LogP contribution in [0.25, 0.3) is 0 Å². The molecule has 7 heteroatoms. The third-order valence-electron chi connectivity index (χ3n) is 3.73. The number of nitrogens with zero attached hydrogens (tertiary/aromatic N) is 2. The van der Waals surface area contributed by atoms with Crippen molar-refractivity contribution < 1.29 is 24.2 Å². The fourth-order valence-corrected chi connectivity index (χ4v) is 2.49. The molecule has 126 valence electrons. The minimum Gasteiger partial charge on any atom is -0.493 e. The Morgan fingerprint density at radius 2 is 1.78 bits per heavy atom. The normalized spacial score (nSPS) is 15.3. The van der Waals surface area contributed by atoms with E-state index >= 15 is 0 Å². The number of piperazine rings is 1. The van der Waals surface area contributed by atoms with Crippen LogP contribution < -0.4 is 9.47 Å². The van der Waals surface area contributed by atoms with Crippen LogP contribution in [0.3, 0.4) is 0 Å². The van der Waals surface area contributed by atoms with Crippen molar-refractivity contribution >= 4 is 11.9 Å². The number of rotatable bonds is 7. The highest BCUT2D eigenvalue weighted by atomic mass is 16.5. The van der Waals surface area contributed by atoms with Crippen molar-refractivity contribution in [2.24, 2.45) is 0 Å². The summed E-state index contributed by atoms with van der Waals surface area (Å²) in [5, 5.41) is 8.76. The number of ether oxygens (including phenoxy) is 2. The second-order valence-electron chi connectivity index (χ2n) is 5.30. The van der Waals surface area contributed by atoms with Crippen LogP contribution in [0.5, 0.6) is 11.5 Å². The molecule has 2 rings (SSSR count). The molecule has 1 amide bonds. The smallest absolute Gasteiger partial charge is 0.317 e. The fraction of sp³-hybridized carbons (Fsp3) is 0.500. The lowest BCUT2D eigenvalue weighted by Gasteiger charge is -2.33. The van der Waals surface area contributed by atoms with Gasteiger partial charge in [0.2, 0.25) is 5.91 Å². The summed E-state index contributed by atoms with van der Waals surface area (Å²) in [6.07, 6.45) is 0.289. The van der Waals surface area contributed by atoms with Gasteiger partial charge in [0, 0.05) is 26.2 Å². The van der Waals surface area contributed by atoms with Crippen LogP contribution in [0.15, 0.2) is 24.3 Å². The number of carboxylic acid groups (broad SMARTS) is 1. The molecule has 1 fully saturated rings. The third-order valence-corrected chi connectivity index (χ3v) is 3.73. The summed E-state index contributed by atoms with van der Waals surface area (Å²) in [4.78, 5) is 26.4. The Hall–Kier alpha value is -2.28. The van der Waals surface area contributed by atoms with Crippen LogP contribution in [0, 0.1) is 0 Å². The molecule has 0 spiro atoms. The van der Waals surface area contributed by atoms with Gasteiger partial charge in [-0.15, -0.1) is 0 Å². The zero-order valence-electron chi connectivity index (χ0n) is 13.2. The molecule has 7 nitrogen and oxygen atoms in total. The predicted octanol–water partition coefficient (Wildman–Crippen LogP) is 0.693. The number of hydrogen-bond donors (Lipinski definition) is 1. The number of carboxylic acids is 1. The van der Waals surface area contributed by atoms with E-state index < -0.39 is 5.97 Å². The zero-order valence-corrected chi connectivity index (χ0v) is 13.2. The lowest BCUT2D eigenvalue weighted by atomic mass is 10.2. The molecule has 0 radical (unpaired) electrons. The number of carbonyl (C=O) groups excluding carboxylic acids is 1. The average molecular weight is 322 g/mol. The van der Waals surface area contributed by atoms with E-state index in [1.807, 2.05) is 17.0 Å². The number of amides is 1.